The predicted octanol–water partition coefficient (Wildman–Crippen LogP) is 3.51. The molecule has 0 spiro atoms. The minimum Gasteiger partial charge on any atom is -0.497 e. The van der Waals surface area contributed by atoms with Gasteiger partial charge in [-0.25, -0.2) is 0 Å². The van der Waals surface area contributed by atoms with Gasteiger partial charge in [0.2, 0.25) is 0 Å². The van der Waals surface area contributed by atoms with Crippen LogP contribution in [0.2, 0.25) is 0 Å². The van der Waals surface area contributed by atoms with Crippen molar-refractivity contribution in [1.29, 1.82) is 0 Å². The number of para-hydroxylation sites is 1. The molecule has 0 aliphatic rings. The van der Waals surface area contributed by atoms with Crippen LogP contribution in [0.1, 0.15) is 12.5 Å². The monoisotopic (exact) mass is 242 g/mol. The number of carbonyl (C=O) groups excluding carboxylic acids is 1. The summed E-state index contributed by atoms with van der Waals surface area (Å²) in [5.74, 6) is 1.12. The minimum absolute atomic E-state index is 0.214. The SMILES string of the molecule is CC(=O)Cc1ccccc1.COc1ccccc1. The molecule has 0 heterocycles. The zero-order valence-electron chi connectivity index (χ0n) is 10.8. The molecule has 2 aromatic carbocycles. The molecule has 2 heteroatoms. The molecule has 2 aromatic rings. The molecule has 0 amide bonds. The highest BCUT2D eigenvalue weighted by molar-refractivity contribution is 5.78. The first kappa shape index (κ1) is 14.0. The lowest BCUT2D eigenvalue weighted by Gasteiger charge is -1.93. The Kier molecular flexibility index (Phi) is 6.26. The van der Waals surface area contributed by atoms with E-state index in [2.05, 4.69) is 0 Å². The summed E-state index contributed by atoms with van der Waals surface area (Å²) in [7, 11) is 1.66. The Bertz CT molecular complexity index is 449. The summed E-state index contributed by atoms with van der Waals surface area (Å²) in [6, 6.07) is 19.4. The molecule has 0 N–H and O–H groups in total. The average molecular weight is 242 g/mol. The first-order valence-corrected chi connectivity index (χ1v) is 5.84. The largest absolute Gasteiger partial charge is 0.497 e. The molecule has 0 aromatic heterocycles. The fraction of sp³-hybridized carbons (Fsp3) is 0.188. The predicted molar refractivity (Wildman–Crippen MR) is 73.8 cm³/mol. The van der Waals surface area contributed by atoms with Crippen LogP contribution in [0, 0.1) is 0 Å². The third-order valence-electron chi connectivity index (χ3n) is 2.27. The van der Waals surface area contributed by atoms with Crippen molar-refractivity contribution in [3.8, 4) is 5.75 Å². The van der Waals surface area contributed by atoms with Crippen LogP contribution in [0.4, 0.5) is 0 Å². The maximum absolute atomic E-state index is 10.6. The van der Waals surface area contributed by atoms with E-state index in [1.807, 2.05) is 60.7 Å². The summed E-state index contributed by atoms with van der Waals surface area (Å²) >= 11 is 0. The van der Waals surface area contributed by atoms with Crippen molar-refractivity contribution >= 4 is 5.78 Å². The highest BCUT2D eigenvalue weighted by Gasteiger charge is 1.93. The van der Waals surface area contributed by atoms with Crippen molar-refractivity contribution in [2.45, 2.75) is 13.3 Å². The van der Waals surface area contributed by atoms with Crippen LogP contribution in [-0.2, 0) is 11.2 Å². The smallest absolute Gasteiger partial charge is 0.134 e. The van der Waals surface area contributed by atoms with Gasteiger partial charge < -0.3 is 4.74 Å². The van der Waals surface area contributed by atoms with Crippen LogP contribution in [0.25, 0.3) is 0 Å². The van der Waals surface area contributed by atoms with Crippen LogP contribution in [-0.4, -0.2) is 12.9 Å². The normalized spacial score (nSPS) is 9.00. The molecule has 0 bridgehead atoms. The van der Waals surface area contributed by atoms with Crippen LogP contribution in [0.15, 0.2) is 60.7 Å². The van der Waals surface area contributed by atoms with Crippen molar-refractivity contribution < 1.29 is 9.53 Å². The summed E-state index contributed by atoms with van der Waals surface area (Å²) in [6.45, 7) is 1.60. The van der Waals surface area contributed by atoms with Crippen molar-refractivity contribution in [1.82, 2.24) is 0 Å². The zero-order valence-corrected chi connectivity index (χ0v) is 10.8. The maximum atomic E-state index is 10.6. The van der Waals surface area contributed by atoms with Gasteiger partial charge in [0, 0.05) is 6.42 Å². The summed E-state index contributed by atoms with van der Waals surface area (Å²) in [4.78, 5) is 10.6. The molecule has 0 radical (unpaired) electrons. The lowest BCUT2D eigenvalue weighted by molar-refractivity contribution is -0.116. The number of ketones is 1. The van der Waals surface area contributed by atoms with E-state index in [0.717, 1.165) is 11.3 Å². The average Bonchev–Trinajstić information content (AvgIpc) is 2.41. The van der Waals surface area contributed by atoms with Crippen LogP contribution < -0.4 is 4.74 Å². The van der Waals surface area contributed by atoms with Crippen molar-refractivity contribution in [3.63, 3.8) is 0 Å². The molecule has 2 nitrogen and oxygen atoms in total. The van der Waals surface area contributed by atoms with Gasteiger partial charge >= 0.3 is 0 Å². The first-order chi connectivity index (χ1) is 8.72. The van der Waals surface area contributed by atoms with Crippen molar-refractivity contribution in [2.24, 2.45) is 0 Å². The molecule has 2 rings (SSSR count). The molecule has 0 aliphatic heterocycles. The second-order valence-corrected chi connectivity index (χ2v) is 3.88. The van der Waals surface area contributed by atoms with Gasteiger partial charge in [-0.05, 0) is 24.6 Å². The Labute approximate surface area is 108 Å². The molecule has 0 saturated heterocycles. The molecule has 0 saturated carbocycles. The Morgan fingerprint density at radius 1 is 0.944 bits per heavy atom. The van der Waals surface area contributed by atoms with E-state index in [1.54, 1.807) is 14.0 Å². The third kappa shape index (κ3) is 5.85. The highest BCUT2D eigenvalue weighted by atomic mass is 16.5. The number of methoxy groups -OCH3 is 1. The number of ether oxygens (including phenoxy) is 1. The van der Waals surface area contributed by atoms with E-state index in [9.17, 15) is 4.79 Å². The summed E-state index contributed by atoms with van der Waals surface area (Å²) < 4.78 is 4.91. The van der Waals surface area contributed by atoms with E-state index in [4.69, 9.17) is 4.74 Å². The number of carbonyl (C=O) groups is 1. The topological polar surface area (TPSA) is 26.3 Å². The van der Waals surface area contributed by atoms with Crippen LogP contribution in [0.5, 0.6) is 5.75 Å². The summed E-state index contributed by atoms with van der Waals surface area (Å²) in [5.41, 5.74) is 1.09. The van der Waals surface area contributed by atoms with Gasteiger partial charge in [-0.2, -0.15) is 0 Å². The lowest BCUT2D eigenvalue weighted by atomic mass is 10.1. The number of benzene rings is 2. The van der Waals surface area contributed by atoms with E-state index >= 15 is 0 Å². The Morgan fingerprint density at radius 2 is 1.44 bits per heavy atom. The molecular formula is C16H18O2. The van der Waals surface area contributed by atoms with Gasteiger partial charge in [0.05, 0.1) is 7.11 Å². The number of hydrogen-bond donors (Lipinski definition) is 0. The van der Waals surface area contributed by atoms with E-state index < -0.39 is 0 Å². The van der Waals surface area contributed by atoms with Crippen molar-refractivity contribution in [3.05, 3.63) is 66.2 Å². The maximum Gasteiger partial charge on any atom is 0.134 e. The molecule has 18 heavy (non-hydrogen) atoms. The second kappa shape index (κ2) is 8.07. The summed E-state index contributed by atoms with van der Waals surface area (Å²) in [6.07, 6.45) is 0.556. The fourth-order valence-corrected chi connectivity index (χ4v) is 1.44. The molecular weight excluding hydrogens is 224 g/mol. The first-order valence-electron chi connectivity index (χ1n) is 5.84. The van der Waals surface area contributed by atoms with Gasteiger partial charge in [0.25, 0.3) is 0 Å². The van der Waals surface area contributed by atoms with E-state index in [0.29, 0.717) is 6.42 Å². The van der Waals surface area contributed by atoms with Gasteiger partial charge in [-0.3, -0.25) is 4.79 Å². The standard InChI is InChI=1S/C9H10O.C7H8O/c1-8(10)7-9-5-3-2-4-6-9;1-8-7-5-3-2-4-6-7/h2-6H,7H2,1H3;2-6H,1H3. The Balaban J connectivity index is 0.000000184. The molecule has 0 fully saturated rings. The van der Waals surface area contributed by atoms with E-state index in [-0.39, 0.29) is 5.78 Å². The van der Waals surface area contributed by atoms with Gasteiger partial charge in [-0.1, -0.05) is 48.5 Å². The molecule has 0 aliphatic carbocycles. The fourth-order valence-electron chi connectivity index (χ4n) is 1.44. The number of rotatable bonds is 3. The quantitative estimate of drug-likeness (QED) is 0.823. The third-order valence-corrected chi connectivity index (χ3v) is 2.27. The lowest BCUT2D eigenvalue weighted by Crippen LogP contribution is -1.94. The van der Waals surface area contributed by atoms with Gasteiger partial charge in [-0.15, -0.1) is 0 Å². The summed E-state index contributed by atoms with van der Waals surface area (Å²) in [5, 5.41) is 0. The second-order valence-electron chi connectivity index (χ2n) is 3.88. The van der Waals surface area contributed by atoms with E-state index in [1.165, 1.54) is 0 Å². The van der Waals surface area contributed by atoms with Crippen molar-refractivity contribution in [2.75, 3.05) is 7.11 Å². The molecule has 0 unspecified atom stereocenters. The van der Waals surface area contributed by atoms with Crippen LogP contribution >= 0.6 is 0 Å². The molecule has 94 valence electrons. The highest BCUT2D eigenvalue weighted by Crippen LogP contribution is 2.05. The van der Waals surface area contributed by atoms with Crippen LogP contribution in [0.3, 0.4) is 0 Å². The number of hydrogen-bond acceptors (Lipinski definition) is 2. The zero-order chi connectivity index (χ0) is 13.2. The number of Topliss-reactive ketones (excluding diaryl/α,β-unsaturated/α-hetero) is 1. The Hall–Kier alpha value is -2.09. The Morgan fingerprint density at radius 3 is 1.83 bits per heavy atom. The van der Waals surface area contributed by atoms with Gasteiger partial charge in [0.15, 0.2) is 0 Å². The van der Waals surface area contributed by atoms with Gasteiger partial charge in [0.1, 0.15) is 11.5 Å². The molecule has 0 atom stereocenters. The minimum atomic E-state index is 0.214.